The second-order valence-electron chi connectivity index (χ2n) is 7.78. The second kappa shape index (κ2) is 9.06. The SMILES string of the molecule is CCNC(=NCCCN1CCCCCC1=O)N1CCS(=O)(=O)C(C)(C)C1. The summed E-state index contributed by atoms with van der Waals surface area (Å²) in [6.45, 7) is 9.49. The van der Waals surface area contributed by atoms with E-state index in [1.54, 1.807) is 13.8 Å². The number of carbonyl (C=O) groups is 1. The van der Waals surface area contributed by atoms with Crippen LogP contribution in [0.4, 0.5) is 0 Å². The molecule has 2 aliphatic heterocycles. The van der Waals surface area contributed by atoms with Gasteiger partial charge < -0.3 is 15.1 Å². The molecule has 26 heavy (non-hydrogen) atoms. The van der Waals surface area contributed by atoms with Crippen molar-refractivity contribution in [2.75, 3.05) is 45.0 Å². The Balaban J connectivity index is 1.91. The molecule has 0 aromatic rings. The summed E-state index contributed by atoms with van der Waals surface area (Å²) in [4.78, 5) is 20.7. The number of nitrogens with one attached hydrogen (secondary N) is 1. The minimum atomic E-state index is -3.06. The highest BCUT2D eigenvalue weighted by molar-refractivity contribution is 7.92. The average Bonchev–Trinajstić information content (AvgIpc) is 2.77. The predicted molar refractivity (Wildman–Crippen MR) is 105 cm³/mol. The van der Waals surface area contributed by atoms with E-state index >= 15 is 0 Å². The van der Waals surface area contributed by atoms with Crippen molar-refractivity contribution in [3.63, 3.8) is 0 Å². The monoisotopic (exact) mass is 386 g/mol. The van der Waals surface area contributed by atoms with E-state index in [-0.39, 0.29) is 11.7 Å². The van der Waals surface area contributed by atoms with Gasteiger partial charge in [0.05, 0.1) is 10.5 Å². The van der Waals surface area contributed by atoms with E-state index in [0.717, 1.165) is 51.3 Å². The van der Waals surface area contributed by atoms with Crippen molar-refractivity contribution < 1.29 is 13.2 Å². The smallest absolute Gasteiger partial charge is 0.222 e. The first-order valence-corrected chi connectivity index (χ1v) is 11.5. The van der Waals surface area contributed by atoms with Gasteiger partial charge in [0, 0.05) is 45.7 Å². The number of amides is 1. The van der Waals surface area contributed by atoms with Crippen LogP contribution >= 0.6 is 0 Å². The van der Waals surface area contributed by atoms with Gasteiger partial charge in [0.2, 0.25) is 5.91 Å². The first kappa shape index (κ1) is 21.0. The van der Waals surface area contributed by atoms with Crippen LogP contribution in [0, 0.1) is 0 Å². The fourth-order valence-corrected chi connectivity index (χ4v) is 4.84. The molecule has 2 saturated heterocycles. The molecule has 150 valence electrons. The third-order valence-corrected chi connectivity index (χ3v) is 7.73. The molecule has 8 heteroatoms. The molecule has 0 aliphatic carbocycles. The molecule has 2 heterocycles. The maximum Gasteiger partial charge on any atom is 0.222 e. The molecule has 0 radical (unpaired) electrons. The third-order valence-electron chi connectivity index (χ3n) is 5.20. The fraction of sp³-hybridized carbons (Fsp3) is 0.889. The van der Waals surface area contributed by atoms with Gasteiger partial charge in [0.15, 0.2) is 15.8 Å². The van der Waals surface area contributed by atoms with Gasteiger partial charge in [-0.15, -0.1) is 0 Å². The fourth-order valence-electron chi connectivity index (χ4n) is 3.47. The number of hydrogen-bond donors (Lipinski definition) is 1. The standard InChI is InChI=1S/C18H34N4O3S/c1-4-19-17(22-13-14-26(24,25)18(2,3)15-22)20-10-8-12-21-11-7-5-6-9-16(21)23/h4-15H2,1-3H3,(H,19,20). The zero-order valence-electron chi connectivity index (χ0n) is 16.5. The number of aliphatic imine (C=N–C) groups is 1. The van der Waals surface area contributed by atoms with Crippen LogP contribution < -0.4 is 5.32 Å². The molecule has 0 bridgehead atoms. The summed E-state index contributed by atoms with van der Waals surface area (Å²) in [5.74, 6) is 1.20. The number of carbonyl (C=O) groups excluding carboxylic acids is 1. The molecule has 1 N–H and O–H groups in total. The lowest BCUT2D eigenvalue weighted by atomic mass is 10.2. The summed E-state index contributed by atoms with van der Waals surface area (Å²) in [6.07, 6.45) is 4.73. The number of hydrogen-bond acceptors (Lipinski definition) is 4. The van der Waals surface area contributed by atoms with E-state index in [2.05, 4.69) is 10.3 Å². The summed E-state index contributed by atoms with van der Waals surface area (Å²) in [7, 11) is -3.06. The number of guanidine groups is 1. The van der Waals surface area contributed by atoms with Crippen LogP contribution in [0.2, 0.25) is 0 Å². The molecular weight excluding hydrogens is 352 g/mol. The highest BCUT2D eigenvalue weighted by Crippen LogP contribution is 2.23. The molecule has 0 aromatic carbocycles. The van der Waals surface area contributed by atoms with Crippen LogP contribution in [0.1, 0.15) is 52.9 Å². The first-order valence-electron chi connectivity index (χ1n) is 9.80. The molecule has 1 amide bonds. The number of likely N-dealkylation sites (tertiary alicyclic amines) is 1. The van der Waals surface area contributed by atoms with E-state index in [1.807, 2.05) is 16.7 Å². The zero-order valence-corrected chi connectivity index (χ0v) is 17.3. The van der Waals surface area contributed by atoms with Crippen molar-refractivity contribution in [2.24, 2.45) is 4.99 Å². The highest BCUT2D eigenvalue weighted by atomic mass is 32.2. The minimum absolute atomic E-state index is 0.159. The van der Waals surface area contributed by atoms with E-state index in [0.29, 0.717) is 26.1 Å². The molecule has 2 rings (SSSR count). The molecule has 2 aliphatic rings. The van der Waals surface area contributed by atoms with Gasteiger partial charge in [0.25, 0.3) is 0 Å². The molecule has 0 aromatic heterocycles. The van der Waals surface area contributed by atoms with Crippen molar-refractivity contribution in [3.05, 3.63) is 0 Å². The second-order valence-corrected chi connectivity index (χ2v) is 10.5. The van der Waals surface area contributed by atoms with Crippen molar-refractivity contribution in [2.45, 2.75) is 57.6 Å². The Kier molecular flexibility index (Phi) is 7.32. The van der Waals surface area contributed by atoms with Crippen molar-refractivity contribution >= 4 is 21.7 Å². The van der Waals surface area contributed by atoms with Gasteiger partial charge in [0.1, 0.15) is 0 Å². The van der Waals surface area contributed by atoms with Gasteiger partial charge in [-0.25, -0.2) is 8.42 Å². The lowest BCUT2D eigenvalue weighted by Gasteiger charge is -2.39. The topological polar surface area (TPSA) is 82.1 Å². The summed E-state index contributed by atoms with van der Waals surface area (Å²) in [5, 5.41) is 3.28. The molecule has 0 atom stereocenters. The average molecular weight is 387 g/mol. The summed E-state index contributed by atoms with van der Waals surface area (Å²) in [5.41, 5.74) is 0. The number of nitrogens with zero attached hydrogens (tertiary/aromatic N) is 3. The largest absolute Gasteiger partial charge is 0.357 e. The van der Waals surface area contributed by atoms with E-state index in [4.69, 9.17) is 0 Å². The van der Waals surface area contributed by atoms with Crippen LogP contribution in [0.3, 0.4) is 0 Å². The molecule has 7 nitrogen and oxygen atoms in total. The quantitative estimate of drug-likeness (QED) is 0.437. The van der Waals surface area contributed by atoms with Crippen LogP contribution in [0.5, 0.6) is 0 Å². The van der Waals surface area contributed by atoms with Gasteiger partial charge in [-0.05, 0) is 40.0 Å². The maximum atomic E-state index is 12.2. The molecule has 0 unspecified atom stereocenters. The lowest BCUT2D eigenvalue weighted by molar-refractivity contribution is -0.130. The van der Waals surface area contributed by atoms with Crippen LogP contribution in [-0.4, -0.2) is 79.9 Å². The van der Waals surface area contributed by atoms with E-state index < -0.39 is 14.6 Å². The first-order chi connectivity index (χ1) is 12.3. The molecular formula is C18H34N4O3S. The van der Waals surface area contributed by atoms with Gasteiger partial charge >= 0.3 is 0 Å². The van der Waals surface area contributed by atoms with Crippen LogP contribution in [0.25, 0.3) is 0 Å². The van der Waals surface area contributed by atoms with E-state index in [1.165, 1.54) is 0 Å². The zero-order chi connectivity index (χ0) is 19.2. The minimum Gasteiger partial charge on any atom is -0.357 e. The predicted octanol–water partition coefficient (Wildman–Crippen LogP) is 1.25. The third kappa shape index (κ3) is 5.34. The van der Waals surface area contributed by atoms with Gasteiger partial charge in [-0.2, -0.15) is 0 Å². The summed E-state index contributed by atoms with van der Waals surface area (Å²) < 4.78 is 23.6. The Morgan fingerprint density at radius 3 is 2.69 bits per heavy atom. The Morgan fingerprint density at radius 1 is 1.23 bits per heavy atom. The molecule has 0 spiro atoms. The molecule has 2 fully saturated rings. The Bertz CT molecular complexity index is 616. The van der Waals surface area contributed by atoms with Crippen LogP contribution in [-0.2, 0) is 14.6 Å². The highest BCUT2D eigenvalue weighted by Gasteiger charge is 2.40. The van der Waals surface area contributed by atoms with Crippen molar-refractivity contribution in [3.8, 4) is 0 Å². The normalized spacial score (nSPS) is 23.7. The van der Waals surface area contributed by atoms with E-state index in [9.17, 15) is 13.2 Å². The summed E-state index contributed by atoms with van der Waals surface area (Å²) in [6, 6.07) is 0. The van der Waals surface area contributed by atoms with Gasteiger partial charge in [-0.1, -0.05) is 6.42 Å². The number of sulfone groups is 1. The van der Waals surface area contributed by atoms with Crippen molar-refractivity contribution in [1.82, 2.24) is 15.1 Å². The maximum absolute atomic E-state index is 12.2. The summed E-state index contributed by atoms with van der Waals surface area (Å²) >= 11 is 0. The Labute approximate surface area is 158 Å². The lowest BCUT2D eigenvalue weighted by Crippen LogP contribution is -2.57. The number of rotatable bonds is 5. The van der Waals surface area contributed by atoms with Crippen LogP contribution in [0.15, 0.2) is 4.99 Å². The van der Waals surface area contributed by atoms with Gasteiger partial charge in [-0.3, -0.25) is 9.79 Å². The Morgan fingerprint density at radius 2 is 2.00 bits per heavy atom. The Hall–Kier alpha value is -1.31. The van der Waals surface area contributed by atoms with Crippen molar-refractivity contribution in [1.29, 1.82) is 0 Å². The molecule has 0 saturated carbocycles.